The fourth-order valence-electron chi connectivity index (χ4n) is 3.10. The van der Waals surface area contributed by atoms with Crippen molar-refractivity contribution in [3.63, 3.8) is 0 Å². The number of aromatic carboxylic acids is 1. The fraction of sp³-hybridized carbons (Fsp3) is 0.304. The van der Waals surface area contributed by atoms with Gasteiger partial charge in [-0.15, -0.1) is 0 Å². The summed E-state index contributed by atoms with van der Waals surface area (Å²) < 4.78 is 38.7. The number of carbonyl (C=O) groups is 2. The molecule has 0 amide bonds. The average molecular weight is 420 g/mol. The van der Waals surface area contributed by atoms with Crippen molar-refractivity contribution in [2.24, 2.45) is 5.92 Å². The zero-order chi connectivity index (χ0) is 22.1. The minimum atomic E-state index is -4.41. The molecule has 2 N–H and O–H groups in total. The summed E-state index contributed by atoms with van der Waals surface area (Å²) in [6.45, 7) is 0. The van der Waals surface area contributed by atoms with Crippen LogP contribution in [0.15, 0.2) is 54.6 Å². The summed E-state index contributed by atoms with van der Waals surface area (Å²) in [6, 6.07) is 11.5. The lowest BCUT2D eigenvalue weighted by atomic mass is 9.92. The summed E-state index contributed by atoms with van der Waals surface area (Å²) in [5, 5.41) is 17.8. The lowest BCUT2D eigenvalue weighted by molar-refractivity contribution is -0.138. The first kappa shape index (κ1) is 23.2. The SMILES string of the molecule is O=C(O)CCCCC(/C=C/c1cccc(C(F)(F)F)c1)Cc1ccc(C(=O)O)cc1. The number of allylic oxidation sites excluding steroid dienone is 1. The van der Waals surface area contributed by atoms with Crippen LogP contribution in [0.5, 0.6) is 0 Å². The van der Waals surface area contributed by atoms with Gasteiger partial charge in [0.05, 0.1) is 11.1 Å². The van der Waals surface area contributed by atoms with Crippen LogP contribution in [0.1, 0.15) is 52.7 Å². The molecule has 0 spiro atoms. The van der Waals surface area contributed by atoms with E-state index in [9.17, 15) is 22.8 Å². The van der Waals surface area contributed by atoms with Crippen molar-refractivity contribution in [2.45, 2.75) is 38.3 Å². The largest absolute Gasteiger partial charge is 0.481 e. The van der Waals surface area contributed by atoms with Crippen molar-refractivity contribution in [3.05, 3.63) is 76.9 Å². The van der Waals surface area contributed by atoms with Crippen LogP contribution < -0.4 is 0 Å². The lowest BCUT2D eigenvalue weighted by Gasteiger charge is -2.13. The minimum Gasteiger partial charge on any atom is -0.481 e. The molecule has 2 aromatic carbocycles. The molecule has 0 heterocycles. The molecule has 1 atom stereocenters. The number of hydrogen-bond acceptors (Lipinski definition) is 2. The fourth-order valence-corrected chi connectivity index (χ4v) is 3.10. The maximum Gasteiger partial charge on any atom is 0.416 e. The molecule has 30 heavy (non-hydrogen) atoms. The number of alkyl halides is 3. The Labute approximate surface area is 172 Å². The number of unbranched alkanes of at least 4 members (excludes halogenated alkanes) is 1. The van der Waals surface area contributed by atoms with Gasteiger partial charge >= 0.3 is 18.1 Å². The van der Waals surface area contributed by atoms with Crippen molar-refractivity contribution in [3.8, 4) is 0 Å². The first-order chi connectivity index (χ1) is 14.1. The molecule has 0 aromatic heterocycles. The van der Waals surface area contributed by atoms with Crippen LogP contribution in [-0.4, -0.2) is 22.2 Å². The van der Waals surface area contributed by atoms with E-state index in [0.29, 0.717) is 31.2 Å². The van der Waals surface area contributed by atoms with Crippen molar-refractivity contribution in [1.82, 2.24) is 0 Å². The van der Waals surface area contributed by atoms with Crippen LogP contribution in [0.4, 0.5) is 13.2 Å². The van der Waals surface area contributed by atoms with E-state index in [0.717, 1.165) is 17.7 Å². The van der Waals surface area contributed by atoms with E-state index in [1.54, 1.807) is 24.3 Å². The lowest BCUT2D eigenvalue weighted by Crippen LogP contribution is -2.05. The van der Waals surface area contributed by atoms with E-state index in [1.807, 2.05) is 6.08 Å². The Bertz CT molecular complexity index is 886. The number of carboxylic acid groups (broad SMARTS) is 2. The van der Waals surface area contributed by atoms with Crippen molar-refractivity contribution in [2.75, 3.05) is 0 Å². The second kappa shape index (κ2) is 10.6. The van der Waals surface area contributed by atoms with Gasteiger partial charge in [-0.05, 0) is 60.6 Å². The number of hydrogen-bond donors (Lipinski definition) is 2. The Kier molecular flexibility index (Phi) is 8.21. The molecule has 2 rings (SSSR count). The Balaban J connectivity index is 2.13. The molecule has 0 bridgehead atoms. The van der Waals surface area contributed by atoms with Crippen LogP contribution in [0.3, 0.4) is 0 Å². The Morgan fingerprint density at radius 1 is 1.00 bits per heavy atom. The normalized spacial score (nSPS) is 12.8. The molecular weight excluding hydrogens is 397 g/mol. The predicted molar refractivity (Wildman–Crippen MR) is 107 cm³/mol. The van der Waals surface area contributed by atoms with Gasteiger partial charge in [0, 0.05) is 6.42 Å². The summed E-state index contributed by atoms with van der Waals surface area (Å²) in [6.07, 6.45) is 1.55. The molecule has 0 aliphatic heterocycles. The van der Waals surface area contributed by atoms with Gasteiger partial charge in [-0.1, -0.05) is 42.8 Å². The van der Waals surface area contributed by atoms with Gasteiger partial charge in [0.15, 0.2) is 0 Å². The van der Waals surface area contributed by atoms with Gasteiger partial charge in [0.2, 0.25) is 0 Å². The third kappa shape index (κ3) is 7.73. The molecule has 0 aliphatic carbocycles. The van der Waals surface area contributed by atoms with Crippen molar-refractivity contribution < 1.29 is 33.0 Å². The number of aliphatic carboxylic acids is 1. The van der Waals surface area contributed by atoms with E-state index in [1.165, 1.54) is 18.2 Å². The first-order valence-electron chi connectivity index (χ1n) is 9.54. The third-order valence-electron chi connectivity index (χ3n) is 4.69. The van der Waals surface area contributed by atoms with Crippen LogP contribution in [-0.2, 0) is 17.4 Å². The van der Waals surface area contributed by atoms with Crippen LogP contribution in [0, 0.1) is 5.92 Å². The van der Waals surface area contributed by atoms with E-state index in [2.05, 4.69) is 0 Å². The van der Waals surface area contributed by atoms with E-state index >= 15 is 0 Å². The standard InChI is InChI=1S/C23H23F3O4/c24-23(25,26)20-6-3-5-17(15-20)9-8-16(4-1-2-7-21(27)28)14-18-10-12-19(13-11-18)22(29)30/h3,5-6,8-13,15-16H,1-2,4,7,14H2,(H,27,28)(H,29,30)/b9-8+. The van der Waals surface area contributed by atoms with Crippen LogP contribution >= 0.6 is 0 Å². The molecule has 0 fully saturated rings. The maximum atomic E-state index is 12.9. The highest BCUT2D eigenvalue weighted by molar-refractivity contribution is 5.87. The van der Waals surface area contributed by atoms with Gasteiger partial charge in [0.1, 0.15) is 0 Å². The summed E-state index contributed by atoms with van der Waals surface area (Å²) >= 11 is 0. The second-order valence-electron chi connectivity index (χ2n) is 7.09. The molecule has 2 aromatic rings. The molecule has 1 unspecified atom stereocenters. The summed E-state index contributed by atoms with van der Waals surface area (Å²) in [5.41, 5.74) is 0.793. The molecule has 0 aliphatic rings. The van der Waals surface area contributed by atoms with Gasteiger partial charge in [-0.3, -0.25) is 4.79 Å². The van der Waals surface area contributed by atoms with Gasteiger partial charge < -0.3 is 10.2 Å². The molecule has 0 saturated carbocycles. The van der Waals surface area contributed by atoms with E-state index < -0.39 is 23.7 Å². The monoisotopic (exact) mass is 420 g/mol. The average Bonchev–Trinajstić information content (AvgIpc) is 2.69. The zero-order valence-electron chi connectivity index (χ0n) is 16.2. The highest BCUT2D eigenvalue weighted by atomic mass is 19.4. The zero-order valence-corrected chi connectivity index (χ0v) is 16.2. The van der Waals surface area contributed by atoms with E-state index in [-0.39, 0.29) is 17.9 Å². The van der Waals surface area contributed by atoms with Gasteiger partial charge in [-0.25, -0.2) is 4.79 Å². The molecule has 4 nitrogen and oxygen atoms in total. The predicted octanol–water partition coefficient (Wildman–Crippen LogP) is 5.92. The topological polar surface area (TPSA) is 74.6 Å². The van der Waals surface area contributed by atoms with Gasteiger partial charge in [-0.2, -0.15) is 13.2 Å². The first-order valence-corrected chi connectivity index (χ1v) is 9.54. The maximum absolute atomic E-state index is 12.9. The summed E-state index contributed by atoms with van der Waals surface area (Å²) in [7, 11) is 0. The Morgan fingerprint density at radius 3 is 2.30 bits per heavy atom. The third-order valence-corrected chi connectivity index (χ3v) is 4.69. The Hall–Kier alpha value is -3.09. The Morgan fingerprint density at radius 2 is 1.70 bits per heavy atom. The number of rotatable bonds is 10. The number of halogens is 3. The quantitative estimate of drug-likeness (QED) is 0.468. The number of benzene rings is 2. The smallest absolute Gasteiger partial charge is 0.416 e. The van der Waals surface area contributed by atoms with Gasteiger partial charge in [0.25, 0.3) is 0 Å². The summed E-state index contributed by atoms with van der Waals surface area (Å²) in [5.74, 6) is -1.91. The van der Waals surface area contributed by atoms with Crippen molar-refractivity contribution in [1.29, 1.82) is 0 Å². The van der Waals surface area contributed by atoms with Crippen LogP contribution in [0.2, 0.25) is 0 Å². The molecule has 160 valence electrons. The minimum absolute atomic E-state index is 0.0241. The summed E-state index contributed by atoms with van der Waals surface area (Å²) in [4.78, 5) is 21.7. The molecule has 7 heteroatoms. The molecule has 0 saturated heterocycles. The molecular formula is C23H23F3O4. The highest BCUT2D eigenvalue weighted by Crippen LogP contribution is 2.30. The molecule has 0 radical (unpaired) electrons. The van der Waals surface area contributed by atoms with Crippen molar-refractivity contribution >= 4 is 18.0 Å². The van der Waals surface area contributed by atoms with Crippen LogP contribution in [0.25, 0.3) is 6.08 Å². The highest BCUT2D eigenvalue weighted by Gasteiger charge is 2.30. The second-order valence-corrected chi connectivity index (χ2v) is 7.09. The number of carboxylic acids is 2. The van der Waals surface area contributed by atoms with E-state index in [4.69, 9.17) is 10.2 Å².